The number of ether oxygens (including phenoxy) is 1. The largest absolute Gasteiger partial charge is 0.454 e. The molecule has 216 valence electrons. The van der Waals surface area contributed by atoms with Crippen LogP contribution in [-0.2, 0) is 24.4 Å². The summed E-state index contributed by atoms with van der Waals surface area (Å²) in [5.74, 6) is -3.86. The fourth-order valence-corrected chi connectivity index (χ4v) is 8.77. The molecule has 0 amide bonds. The summed E-state index contributed by atoms with van der Waals surface area (Å²) < 4.78 is 54.4. The van der Waals surface area contributed by atoms with Gasteiger partial charge in [0, 0.05) is 16.7 Å². The van der Waals surface area contributed by atoms with E-state index < -0.39 is 79.3 Å². The Morgan fingerprint density at radius 2 is 1.90 bits per heavy atom. The van der Waals surface area contributed by atoms with Crippen molar-refractivity contribution in [3.63, 3.8) is 0 Å². The summed E-state index contributed by atoms with van der Waals surface area (Å²) in [6.45, 7) is 4.22. The molecular weight excluding hydrogens is 543 g/mol. The maximum atomic E-state index is 17.3. The van der Waals surface area contributed by atoms with E-state index >= 15 is 4.39 Å². The van der Waals surface area contributed by atoms with E-state index in [1.165, 1.54) is 30.4 Å². The molecule has 9 nitrogen and oxygen atoms in total. The van der Waals surface area contributed by atoms with Gasteiger partial charge in [0.25, 0.3) is 10.1 Å². The standard InChI is InChI=1S/C29H33FO9S/c1-16-11-22-21-8-7-18-13-19(31)9-10-26(18,2)28(21,30)23(32)14-27(22,3)29(16,35)24(33)15-39-25(34)17-5-4-6-20(12-17)40(36,37)38/h4-6,9-10,12-13,16,21-23,32,35H,7-8,11,14-15H2,1-3H3,(H,36,37,38)/t16-,21+,22+,23+,26?,27+,28+,29+/m1/s1. The summed E-state index contributed by atoms with van der Waals surface area (Å²) in [6.07, 6.45) is 3.64. The number of ketones is 2. The Kier molecular flexibility index (Phi) is 6.58. The number of allylic oxidation sites excluding steroid dienone is 4. The van der Waals surface area contributed by atoms with Crippen molar-refractivity contribution in [1.82, 2.24) is 0 Å². The third kappa shape index (κ3) is 3.81. The summed E-state index contributed by atoms with van der Waals surface area (Å²) in [7, 11) is -4.57. The third-order valence-electron chi connectivity index (χ3n) is 10.3. The Labute approximate surface area is 231 Å². The van der Waals surface area contributed by atoms with E-state index in [-0.39, 0.29) is 17.8 Å². The van der Waals surface area contributed by atoms with Crippen LogP contribution in [0.5, 0.6) is 0 Å². The Bertz CT molecular complexity index is 1470. The number of alkyl halides is 1. The lowest BCUT2D eigenvalue weighted by atomic mass is 9.44. The monoisotopic (exact) mass is 576 g/mol. The Hall–Kier alpha value is -2.73. The summed E-state index contributed by atoms with van der Waals surface area (Å²) in [5.41, 5.74) is -6.17. The topological polar surface area (TPSA) is 155 Å². The van der Waals surface area contributed by atoms with Gasteiger partial charge < -0.3 is 14.9 Å². The zero-order valence-corrected chi connectivity index (χ0v) is 23.3. The van der Waals surface area contributed by atoms with Gasteiger partial charge in [0.2, 0.25) is 5.78 Å². The molecule has 3 N–H and O–H groups in total. The van der Waals surface area contributed by atoms with E-state index in [2.05, 4.69) is 0 Å². The molecule has 3 saturated carbocycles. The van der Waals surface area contributed by atoms with Crippen LogP contribution in [0.1, 0.15) is 56.8 Å². The number of hydrogen-bond donors (Lipinski definition) is 3. The molecular formula is C29H33FO9S. The van der Waals surface area contributed by atoms with Crippen LogP contribution in [-0.4, -0.2) is 64.7 Å². The number of aliphatic hydroxyl groups is 2. The van der Waals surface area contributed by atoms with Crippen LogP contribution in [0, 0.1) is 28.6 Å². The average Bonchev–Trinajstić information content (AvgIpc) is 3.09. The maximum absolute atomic E-state index is 17.3. The number of halogens is 1. The zero-order valence-electron chi connectivity index (χ0n) is 22.5. The Balaban J connectivity index is 1.41. The van der Waals surface area contributed by atoms with Crippen molar-refractivity contribution in [2.24, 2.45) is 28.6 Å². The van der Waals surface area contributed by atoms with E-state index in [9.17, 15) is 37.6 Å². The van der Waals surface area contributed by atoms with Gasteiger partial charge in [-0.15, -0.1) is 0 Å². The van der Waals surface area contributed by atoms with Gasteiger partial charge in [0.05, 0.1) is 16.6 Å². The number of carbonyl (C=O) groups is 3. The lowest BCUT2D eigenvalue weighted by Gasteiger charge is -2.62. The van der Waals surface area contributed by atoms with Crippen LogP contribution in [0.25, 0.3) is 0 Å². The highest BCUT2D eigenvalue weighted by Gasteiger charge is 2.75. The van der Waals surface area contributed by atoms with Gasteiger partial charge >= 0.3 is 5.97 Å². The second-order valence-corrected chi connectivity index (χ2v) is 13.6. The second-order valence-electron chi connectivity index (χ2n) is 12.2. The number of fused-ring (bicyclic) bond motifs is 5. The lowest BCUT2D eigenvalue weighted by Crippen LogP contribution is -2.69. The van der Waals surface area contributed by atoms with Crippen LogP contribution in [0.2, 0.25) is 0 Å². The van der Waals surface area contributed by atoms with Crippen molar-refractivity contribution in [2.45, 2.75) is 68.7 Å². The van der Waals surface area contributed by atoms with Gasteiger partial charge in [-0.2, -0.15) is 8.42 Å². The second kappa shape index (κ2) is 9.14. The number of rotatable bonds is 5. The van der Waals surface area contributed by atoms with Gasteiger partial charge in [0.1, 0.15) is 5.60 Å². The van der Waals surface area contributed by atoms with Gasteiger partial charge in [-0.1, -0.05) is 31.6 Å². The maximum Gasteiger partial charge on any atom is 0.338 e. The molecule has 0 radical (unpaired) electrons. The molecule has 11 heteroatoms. The molecule has 0 heterocycles. The Morgan fingerprint density at radius 3 is 2.58 bits per heavy atom. The molecule has 0 aliphatic heterocycles. The molecule has 0 bridgehead atoms. The molecule has 1 aromatic rings. The highest BCUT2D eigenvalue weighted by molar-refractivity contribution is 7.85. The average molecular weight is 577 g/mol. The number of aliphatic hydroxyl groups excluding tert-OH is 1. The highest BCUT2D eigenvalue weighted by Crippen LogP contribution is 2.70. The Morgan fingerprint density at radius 1 is 1.20 bits per heavy atom. The molecule has 3 fully saturated rings. The van der Waals surface area contributed by atoms with Crippen molar-refractivity contribution < 1.29 is 46.7 Å². The molecule has 0 spiro atoms. The van der Waals surface area contributed by atoms with E-state index in [0.29, 0.717) is 24.8 Å². The van der Waals surface area contributed by atoms with Gasteiger partial charge in [0.15, 0.2) is 18.1 Å². The minimum absolute atomic E-state index is 0.216. The predicted molar refractivity (Wildman–Crippen MR) is 139 cm³/mol. The fourth-order valence-electron chi connectivity index (χ4n) is 8.25. The van der Waals surface area contributed by atoms with Crippen LogP contribution in [0.3, 0.4) is 0 Å². The highest BCUT2D eigenvalue weighted by atomic mass is 32.2. The number of carbonyl (C=O) groups excluding carboxylic acids is 3. The van der Waals surface area contributed by atoms with E-state index in [1.54, 1.807) is 20.8 Å². The van der Waals surface area contributed by atoms with Crippen molar-refractivity contribution in [3.8, 4) is 0 Å². The molecule has 0 saturated heterocycles. The molecule has 40 heavy (non-hydrogen) atoms. The normalized spacial score (nSPS) is 40.5. The minimum Gasteiger partial charge on any atom is -0.454 e. The van der Waals surface area contributed by atoms with Crippen LogP contribution >= 0.6 is 0 Å². The number of Topliss-reactive ketones (excluding diaryl/α,β-unsaturated/α-hetero) is 1. The number of benzene rings is 1. The molecule has 8 atom stereocenters. The van der Waals surface area contributed by atoms with Crippen molar-refractivity contribution in [1.29, 1.82) is 0 Å². The SMILES string of the molecule is C[C@@H]1C[C@H]2[C@@H]3CCC4=CC(=O)C=CC4(C)[C@@]3(F)[C@@H](O)C[C@]2(C)[C@@]1(O)C(=O)COC(=O)c1cccc(S(=O)(=O)O)c1. The summed E-state index contributed by atoms with van der Waals surface area (Å²) in [5, 5.41) is 23.4. The number of esters is 1. The summed E-state index contributed by atoms with van der Waals surface area (Å²) in [6, 6.07) is 4.48. The molecule has 5 rings (SSSR count). The summed E-state index contributed by atoms with van der Waals surface area (Å²) >= 11 is 0. The predicted octanol–water partition coefficient (Wildman–Crippen LogP) is 3.01. The first-order valence-electron chi connectivity index (χ1n) is 13.3. The van der Waals surface area contributed by atoms with E-state index in [0.717, 1.165) is 12.1 Å². The van der Waals surface area contributed by atoms with Gasteiger partial charge in [-0.3, -0.25) is 14.1 Å². The van der Waals surface area contributed by atoms with Crippen molar-refractivity contribution in [2.75, 3.05) is 6.61 Å². The van der Waals surface area contributed by atoms with Crippen molar-refractivity contribution >= 4 is 27.7 Å². The fraction of sp³-hybridized carbons (Fsp3) is 0.552. The van der Waals surface area contributed by atoms with Gasteiger partial charge in [-0.05, 0) is 74.8 Å². The molecule has 1 aromatic carbocycles. The lowest BCUT2D eigenvalue weighted by molar-refractivity contribution is -0.219. The van der Waals surface area contributed by atoms with E-state index in [4.69, 9.17) is 4.74 Å². The van der Waals surface area contributed by atoms with Crippen LogP contribution in [0.15, 0.2) is 53.0 Å². The number of hydrogen-bond acceptors (Lipinski definition) is 8. The van der Waals surface area contributed by atoms with Crippen LogP contribution in [0.4, 0.5) is 4.39 Å². The molecule has 1 unspecified atom stereocenters. The molecule has 4 aliphatic rings. The van der Waals surface area contributed by atoms with Crippen LogP contribution < -0.4 is 0 Å². The van der Waals surface area contributed by atoms with Crippen molar-refractivity contribution in [3.05, 3.63) is 53.6 Å². The first-order valence-corrected chi connectivity index (χ1v) is 14.8. The summed E-state index contributed by atoms with van der Waals surface area (Å²) in [4.78, 5) is 37.7. The molecule has 4 aliphatic carbocycles. The van der Waals surface area contributed by atoms with Gasteiger partial charge in [-0.25, -0.2) is 9.18 Å². The first-order chi connectivity index (χ1) is 18.5. The molecule has 0 aromatic heterocycles. The smallest absolute Gasteiger partial charge is 0.338 e. The minimum atomic E-state index is -4.57. The third-order valence-corrected chi connectivity index (χ3v) is 11.2. The van der Waals surface area contributed by atoms with E-state index in [1.807, 2.05) is 0 Å². The quantitative estimate of drug-likeness (QED) is 0.354. The zero-order chi connectivity index (χ0) is 29.5. The first kappa shape index (κ1) is 28.8.